The van der Waals surface area contributed by atoms with Gasteiger partial charge in [0.1, 0.15) is 6.04 Å². The fraction of sp³-hybridized carbons (Fsp3) is 0.250. The van der Waals surface area contributed by atoms with Crippen molar-refractivity contribution in [2.75, 3.05) is 0 Å². The third kappa shape index (κ3) is 4.12. The maximum atomic E-state index is 11.7. The average Bonchev–Trinajstić information content (AvgIpc) is 2.52. The van der Waals surface area contributed by atoms with E-state index in [4.69, 9.17) is 0 Å². The summed E-state index contributed by atoms with van der Waals surface area (Å²) in [5, 5.41) is 11.7. The Hall–Kier alpha value is -2.76. The molecule has 0 radical (unpaired) electrons. The van der Waals surface area contributed by atoms with Crippen LogP contribution in [0.3, 0.4) is 0 Å². The van der Waals surface area contributed by atoms with Gasteiger partial charge in [-0.05, 0) is 18.6 Å². The molecule has 1 aromatic heterocycles. The number of carbonyl (C=O) groups is 2. The van der Waals surface area contributed by atoms with Gasteiger partial charge in [-0.1, -0.05) is 18.2 Å². The van der Waals surface area contributed by atoms with E-state index in [2.05, 4.69) is 21.9 Å². The molecule has 0 aliphatic heterocycles. The first-order chi connectivity index (χ1) is 10.6. The molecule has 0 fully saturated rings. The Labute approximate surface area is 127 Å². The summed E-state index contributed by atoms with van der Waals surface area (Å²) in [5.41, 5.74) is 1.96. The highest BCUT2D eigenvalue weighted by Crippen LogP contribution is 2.10. The zero-order valence-corrected chi connectivity index (χ0v) is 12.0. The van der Waals surface area contributed by atoms with Gasteiger partial charge < -0.3 is 10.4 Å². The SMILES string of the molecule is C=CCCC(=O)NC(Cc1cnc2ccccc2n1)C(=O)O. The molecule has 22 heavy (non-hydrogen) atoms. The van der Waals surface area contributed by atoms with Crippen LogP contribution < -0.4 is 5.32 Å². The van der Waals surface area contributed by atoms with Gasteiger partial charge in [0.05, 0.1) is 16.7 Å². The first-order valence-electron chi connectivity index (χ1n) is 6.94. The normalized spacial score (nSPS) is 11.8. The van der Waals surface area contributed by atoms with Crippen LogP contribution >= 0.6 is 0 Å². The summed E-state index contributed by atoms with van der Waals surface area (Å²) in [6.45, 7) is 3.53. The number of carbonyl (C=O) groups excluding carboxylic acids is 1. The number of hydrogen-bond donors (Lipinski definition) is 2. The molecule has 1 heterocycles. The highest BCUT2D eigenvalue weighted by Gasteiger charge is 2.21. The molecular formula is C16H17N3O3. The summed E-state index contributed by atoms with van der Waals surface area (Å²) in [6, 6.07) is 6.32. The van der Waals surface area contributed by atoms with E-state index < -0.39 is 12.0 Å². The van der Waals surface area contributed by atoms with Crippen molar-refractivity contribution in [3.63, 3.8) is 0 Å². The average molecular weight is 299 g/mol. The van der Waals surface area contributed by atoms with E-state index in [1.807, 2.05) is 24.3 Å². The molecule has 0 bridgehead atoms. The van der Waals surface area contributed by atoms with Gasteiger partial charge in [-0.15, -0.1) is 6.58 Å². The molecule has 0 aliphatic carbocycles. The molecule has 1 aromatic carbocycles. The van der Waals surface area contributed by atoms with Crippen molar-refractivity contribution in [2.24, 2.45) is 0 Å². The molecule has 0 aliphatic rings. The number of nitrogens with one attached hydrogen (secondary N) is 1. The van der Waals surface area contributed by atoms with Gasteiger partial charge in [-0.25, -0.2) is 9.78 Å². The first kappa shape index (κ1) is 15.6. The summed E-state index contributed by atoms with van der Waals surface area (Å²) in [4.78, 5) is 31.6. The summed E-state index contributed by atoms with van der Waals surface area (Å²) in [7, 11) is 0. The lowest BCUT2D eigenvalue weighted by atomic mass is 10.1. The largest absolute Gasteiger partial charge is 0.480 e. The zero-order valence-electron chi connectivity index (χ0n) is 12.0. The van der Waals surface area contributed by atoms with Crippen LogP contribution in [0.15, 0.2) is 43.1 Å². The van der Waals surface area contributed by atoms with E-state index >= 15 is 0 Å². The maximum absolute atomic E-state index is 11.7. The van der Waals surface area contributed by atoms with Gasteiger partial charge in [-0.3, -0.25) is 9.78 Å². The van der Waals surface area contributed by atoms with Gasteiger partial charge in [0.15, 0.2) is 0 Å². The highest BCUT2D eigenvalue weighted by molar-refractivity contribution is 5.83. The molecule has 114 valence electrons. The number of carboxylic acid groups (broad SMARTS) is 1. The van der Waals surface area contributed by atoms with Crippen LogP contribution in [0.1, 0.15) is 18.5 Å². The number of fused-ring (bicyclic) bond motifs is 1. The lowest BCUT2D eigenvalue weighted by molar-refractivity contribution is -0.141. The number of amides is 1. The van der Waals surface area contributed by atoms with Gasteiger partial charge in [0.2, 0.25) is 5.91 Å². The number of aliphatic carboxylic acids is 1. The molecule has 2 N–H and O–H groups in total. The lowest BCUT2D eigenvalue weighted by Crippen LogP contribution is -2.42. The second kappa shape index (κ2) is 7.31. The Morgan fingerprint density at radius 1 is 1.32 bits per heavy atom. The van der Waals surface area contributed by atoms with E-state index in [1.54, 1.807) is 6.08 Å². The first-order valence-corrected chi connectivity index (χ1v) is 6.94. The van der Waals surface area contributed by atoms with Crippen LogP contribution in [-0.2, 0) is 16.0 Å². The Kier molecular flexibility index (Phi) is 5.19. The molecule has 2 aromatic rings. The minimum Gasteiger partial charge on any atom is -0.480 e. The molecule has 1 unspecified atom stereocenters. The number of rotatable bonds is 7. The topological polar surface area (TPSA) is 92.2 Å². The minimum absolute atomic E-state index is 0.0903. The van der Waals surface area contributed by atoms with Crippen molar-refractivity contribution < 1.29 is 14.7 Å². The fourth-order valence-electron chi connectivity index (χ4n) is 2.00. The van der Waals surface area contributed by atoms with Crippen molar-refractivity contribution >= 4 is 22.9 Å². The van der Waals surface area contributed by atoms with E-state index in [1.165, 1.54) is 6.20 Å². The lowest BCUT2D eigenvalue weighted by Gasteiger charge is -2.14. The maximum Gasteiger partial charge on any atom is 0.326 e. The molecular weight excluding hydrogens is 282 g/mol. The molecule has 1 atom stereocenters. The number of carboxylic acids is 1. The number of aromatic nitrogens is 2. The second-order valence-electron chi connectivity index (χ2n) is 4.84. The summed E-state index contributed by atoms with van der Waals surface area (Å²) >= 11 is 0. The molecule has 6 nitrogen and oxygen atoms in total. The van der Waals surface area contributed by atoms with Crippen LogP contribution in [0, 0.1) is 0 Å². The van der Waals surface area contributed by atoms with Crippen LogP contribution in [0.25, 0.3) is 11.0 Å². The number of para-hydroxylation sites is 2. The molecule has 0 saturated carbocycles. The van der Waals surface area contributed by atoms with Gasteiger partial charge in [0.25, 0.3) is 0 Å². The van der Waals surface area contributed by atoms with Crippen LogP contribution in [0.2, 0.25) is 0 Å². The van der Waals surface area contributed by atoms with E-state index in [-0.39, 0.29) is 18.7 Å². The quantitative estimate of drug-likeness (QED) is 0.759. The minimum atomic E-state index is -1.10. The molecule has 1 amide bonds. The number of nitrogens with zero attached hydrogens (tertiary/aromatic N) is 2. The van der Waals surface area contributed by atoms with Gasteiger partial charge >= 0.3 is 5.97 Å². The molecule has 6 heteroatoms. The Balaban J connectivity index is 2.10. The summed E-state index contributed by atoms with van der Waals surface area (Å²) < 4.78 is 0. The molecule has 0 spiro atoms. The predicted molar refractivity (Wildman–Crippen MR) is 82.2 cm³/mol. The highest BCUT2D eigenvalue weighted by atomic mass is 16.4. The third-order valence-corrected chi connectivity index (χ3v) is 3.12. The third-order valence-electron chi connectivity index (χ3n) is 3.12. The van der Waals surface area contributed by atoms with Crippen LogP contribution in [0.5, 0.6) is 0 Å². The van der Waals surface area contributed by atoms with Gasteiger partial charge in [0, 0.05) is 19.0 Å². The summed E-state index contributed by atoms with van der Waals surface area (Å²) in [6.07, 6.45) is 3.97. The number of allylic oxidation sites excluding steroid dienone is 1. The van der Waals surface area contributed by atoms with E-state index in [0.29, 0.717) is 17.6 Å². The zero-order chi connectivity index (χ0) is 15.9. The van der Waals surface area contributed by atoms with Crippen molar-refractivity contribution in [1.82, 2.24) is 15.3 Å². The Morgan fingerprint density at radius 2 is 2.05 bits per heavy atom. The number of benzene rings is 1. The monoisotopic (exact) mass is 299 g/mol. The van der Waals surface area contributed by atoms with Gasteiger partial charge in [-0.2, -0.15) is 0 Å². The summed E-state index contributed by atoms with van der Waals surface area (Å²) in [5.74, 6) is -1.41. The standard InChI is InChI=1S/C16H17N3O3/c1-2-3-8-15(20)19-14(16(21)22)9-11-10-17-12-6-4-5-7-13(12)18-11/h2,4-7,10,14H,1,3,8-9H2,(H,19,20)(H,21,22). The second-order valence-corrected chi connectivity index (χ2v) is 4.84. The van der Waals surface area contributed by atoms with E-state index in [0.717, 1.165) is 5.52 Å². The fourth-order valence-corrected chi connectivity index (χ4v) is 2.00. The number of hydrogen-bond acceptors (Lipinski definition) is 4. The Morgan fingerprint density at radius 3 is 2.73 bits per heavy atom. The molecule has 2 rings (SSSR count). The van der Waals surface area contributed by atoms with Crippen molar-refractivity contribution in [1.29, 1.82) is 0 Å². The smallest absolute Gasteiger partial charge is 0.326 e. The predicted octanol–water partition coefficient (Wildman–Crippen LogP) is 1.71. The van der Waals surface area contributed by atoms with Crippen LogP contribution in [0.4, 0.5) is 0 Å². The molecule has 0 saturated heterocycles. The van der Waals surface area contributed by atoms with Crippen molar-refractivity contribution in [2.45, 2.75) is 25.3 Å². The van der Waals surface area contributed by atoms with Crippen molar-refractivity contribution in [3.8, 4) is 0 Å². The Bertz CT molecular complexity index is 700. The van der Waals surface area contributed by atoms with E-state index in [9.17, 15) is 14.7 Å². The van der Waals surface area contributed by atoms with Crippen LogP contribution in [-0.4, -0.2) is 33.0 Å². The van der Waals surface area contributed by atoms with Crippen molar-refractivity contribution in [3.05, 3.63) is 48.8 Å².